The predicted molar refractivity (Wildman–Crippen MR) is 52.7 cm³/mol. The van der Waals surface area contributed by atoms with E-state index in [9.17, 15) is 9.59 Å². The van der Waals surface area contributed by atoms with Crippen molar-refractivity contribution in [3.05, 3.63) is 6.33 Å². The molecule has 0 unspecified atom stereocenters. The number of amides is 2. The highest BCUT2D eigenvalue weighted by atomic mass is 16.4. The van der Waals surface area contributed by atoms with Crippen LogP contribution in [0.2, 0.25) is 0 Å². The van der Waals surface area contributed by atoms with Gasteiger partial charge in [-0.25, -0.2) is 9.48 Å². The van der Waals surface area contributed by atoms with E-state index in [0.717, 1.165) is 0 Å². The van der Waals surface area contributed by atoms with Gasteiger partial charge < -0.3 is 10.0 Å². The SMILES string of the molecule is Cn1ncnc1NC(=O)N1CC(C(=O)O)C1. The van der Waals surface area contributed by atoms with Crippen LogP contribution in [0.5, 0.6) is 0 Å². The first-order valence-electron chi connectivity index (χ1n) is 4.70. The van der Waals surface area contributed by atoms with Crippen LogP contribution in [0.3, 0.4) is 0 Å². The fourth-order valence-corrected chi connectivity index (χ4v) is 1.38. The van der Waals surface area contributed by atoms with Crippen molar-refractivity contribution in [3.63, 3.8) is 0 Å². The molecule has 8 heteroatoms. The Kier molecular flexibility index (Phi) is 2.47. The lowest BCUT2D eigenvalue weighted by atomic mass is 10.0. The Labute approximate surface area is 90.9 Å². The standard InChI is InChI=1S/C8H11N5O3/c1-12-7(9-4-10-12)11-8(16)13-2-5(3-13)6(14)15/h4-5H,2-3H2,1H3,(H,14,15)(H,9,10,11,16). The van der Waals surface area contributed by atoms with E-state index in [2.05, 4.69) is 15.4 Å². The smallest absolute Gasteiger partial charge is 0.324 e. The van der Waals surface area contributed by atoms with E-state index >= 15 is 0 Å². The van der Waals surface area contributed by atoms with Crippen molar-refractivity contribution < 1.29 is 14.7 Å². The molecule has 86 valence electrons. The van der Waals surface area contributed by atoms with Gasteiger partial charge in [-0.3, -0.25) is 10.1 Å². The normalized spacial score (nSPS) is 15.7. The van der Waals surface area contributed by atoms with Gasteiger partial charge in [0, 0.05) is 20.1 Å². The number of aromatic nitrogens is 3. The monoisotopic (exact) mass is 225 g/mol. The van der Waals surface area contributed by atoms with Crippen LogP contribution in [0.1, 0.15) is 0 Å². The number of nitrogens with one attached hydrogen (secondary N) is 1. The van der Waals surface area contributed by atoms with Crippen LogP contribution >= 0.6 is 0 Å². The molecule has 2 N–H and O–H groups in total. The van der Waals surface area contributed by atoms with Gasteiger partial charge in [-0.05, 0) is 0 Å². The second-order valence-electron chi connectivity index (χ2n) is 3.58. The van der Waals surface area contributed by atoms with Crippen LogP contribution in [0.25, 0.3) is 0 Å². The maximum absolute atomic E-state index is 11.6. The molecule has 2 rings (SSSR count). The second kappa shape index (κ2) is 3.80. The topological polar surface area (TPSA) is 100 Å². The third-order valence-electron chi connectivity index (χ3n) is 2.45. The van der Waals surface area contributed by atoms with Crippen molar-refractivity contribution in [3.8, 4) is 0 Å². The molecular weight excluding hydrogens is 214 g/mol. The minimum atomic E-state index is -0.872. The number of urea groups is 1. The van der Waals surface area contributed by atoms with Gasteiger partial charge in [-0.1, -0.05) is 0 Å². The quantitative estimate of drug-likeness (QED) is 0.697. The maximum Gasteiger partial charge on any atom is 0.324 e. The zero-order chi connectivity index (χ0) is 11.7. The third-order valence-corrected chi connectivity index (χ3v) is 2.45. The Balaban J connectivity index is 1.87. The van der Waals surface area contributed by atoms with Gasteiger partial charge in [0.05, 0.1) is 5.92 Å². The molecule has 0 aliphatic carbocycles. The van der Waals surface area contributed by atoms with Crippen molar-refractivity contribution in [1.82, 2.24) is 19.7 Å². The Morgan fingerprint density at radius 2 is 2.25 bits per heavy atom. The zero-order valence-corrected chi connectivity index (χ0v) is 8.62. The number of aryl methyl sites for hydroxylation is 1. The molecule has 1 aliphatic rings. The van der Waals surface area contributed by atoms with Crippen LogP contribution in [-0.2, 0) is 11.8 Å². The number of hydrogen-bond acceptors (Lipinski definition) is 4. The first-order valence-corrected chi connectivity index (χ1v) is 4.70. The highest BCUT2D eigenvalue weighted by Crippen LogP contribution is 2.16. The third kappa shape index (κ3) is 1.81. The van der Waals surface area contributed by atoms with Gasteiger partial charge in [0.2, 0.25) is 5.95 Å². The molecule has 1 aromatic heterocycles. The average Bonchev–Trinajstić information content (AvgIpc) is 2.48. The Morgan fingerprint density at radius 1 is 1.56 bits per heavy atom. The van der Waals surface area contributed by atoms with Gasteiger partial charge in [0.15, 0.2) is 0 Å². The zero-order valence-electron chi connectivity index (χ0n) is 8.62. The number of likely N-dealkylation sites (tertiary alicyclic amines) is 1. The molecular formula is C8H11N5O3. The Bertz CT molecular complexity index is 423. The molecule has 0 atom stereocenters. The fourth-order valence-electron chi connectivity index (χ4n) is 1.38. The van der Waals surface area contributed by atoms with Crippen molar-refractivity contribution in [2.24, 2.45) is 13.0 Å². The molecule has 0 spiro atoms. The van der Waals surface area contributed by atoms with Crippen molar-refractivity contribution in [2.45, 2.75) is 0 Å². The lowest BCUT2D eigenvalue weighted by Crippen LogP contribution is -2.54. The van der Waals surface area contributed by atoms with Gasteiger partial charge >= 0.3 is 12.0 Å². The molecule has 0 bridgehead atoms. The number of nitrogens with zero attached hydrogens (tertiary/aromatic N) is 4. The molecule has 1 aromatic rings. The van der Waals surface area contributed by atoms with E-state index in [1.807, 2.05) is 0 Å². The summed E-state index contributed by atoms with van der Waals surface area (Å²) < 4.78 is 1.42. The van der Waals surface area contributed by atoms with Crippen LogP contribution in [-0.4, -0.2) is 49.9 Å². The Morgan fingerprint density at radius 3 is 2.75 bits per heavy atom. The van der Waals surface area contributed by atoms with E-state index in [0.29, 0.717) is 5.95 Å². The average molecular weight is 225 g/mol. The summed E-state index contributed by atoms with van der Waals surface area (Å²) in [6.45, 7) is 0.470. The second-order valence-corrected chi connectivity index (χ2v) is 3.58. The van der Waals surface area contributed by atoms with E-state index < -0.39 is 11.9 Å². The molecule has 0 saturated carbocycles. The number of hydrogen-bond donors (Lipinski definition) is 2. The number of aliphatic carboxylic acids is 1. The van der Waals surface area contributed by atoms with Crippen LogP contribution < -0.4 is 5.32 Å². The van der Waals surface area contributed by atoms with Crippen LogP contribution in [0.4, 0.5) is 10.7 Å². The molecule has 2 amide bonds. The number of carbonyl (C=O) groups is 2. The molecule has 0 aromatic carbocycles. The highest BCUT2D eigenvalue weighted by Gasteiger charge is 2.35. The molecule has 0 radical (unpaired) electrons. The summed E-state index contributed by atoms with van der Waals surface area (Å²) in [4.78, 5) is 27.3. The van der Waals surface area contributed by atoms with Gasteiger partial charge in [-0.15, -0.1) is 0 Å². The number of anilines is 1. The number of rotatable bonds is 2. The molecule has 1 saturated heterocycles. The molecule has 1 aliphatic heterocycles. The lowest BCUT2D eigenvalue weighted by molar-refractivity contribution is -0.145. The van der Waals surface area contributed by atoms with Crippen molar-refractivity contribution in [2.75, 3.05) is 18.4 Å². The van der Waals surface area contributed by atoms with E-state index in [-0.39, 0.29) is 19.1 Å². The summed E-state index contributed by atoms with van der Waals surface area (Å²) in [5, 5.41) is 15.0. The van der Waals surface area contributed by atoms with Crippen LogP contribution in [0, 0.1) is 5.92 Å². The van der Waals surface area contributed by atoms with Gasteiger partial charge in [0.25, 0.3) is 0 Å². The lowest BCUT2D eigenvalue weighted by Gasteiger charge is -2.36. The van der Waals surface area contributed by atoms with E-state index in [4.69, 9.17) is 5.11 Å². The maximum atomic E-state index is 11.6. The van der Waals surface area contributed by atoms with Crippen molar-refractivity contribution in [1.29, 1.82) is 0 Å². The minimum Gasteiger partial charge on any atom is -0.481 e. The molecule has 16 heavy (non-hydrogen) atoms. The summed E-state index contributed by atoms with van der Waals surface area (Å²) in [5.74, 6) is -0.989. The number of carboxylic acids is 1. The minimum absolute atomic E-state index is 0.235. The molecule has 8 nitrogen and oxygen atoms in total. The summed E-state index contributed by atoms with van der Waals surface area (Å²) in [7, 11) is 1.65. The van der Waals surface area contributed by atoms with Gasteiger partial charge in [0.1, 0.15) is 6.33 Å². The molecule has 1 fully saturated rings. The summed E-state index contributed by atoms with van der Waals surface area (Å²) in [6, 6.07) is -0.353. The fraction of sp³-hybridized carbons (Fsp3) is 0.500. The van der Waals surface area contributed by atoms with E-state index in [1.165, 1.54) is 15.9 Å². The number of carboxylic acid groups (broad SMARTS) is 1. The summed E-state index contributed by atoms with van der Waals surface area (Å²) in [5.41, 5.74) is 0. The van der Waals surface area contributed by atoms with E-state index in [1.54, 1.807) is 7.05 Å². The first kappa shape index (κ1) is 10.4. The molecule has 2 heterocycles. The van der Waals surface area contributed by atoms with Gasteiger partial charge in [-0.2, -0.15) is 10.1 Å². The number of carbonyl (C=O) groups excluding carboxylic acids is 1. The largest absolute Gasteiger partial charge is 0.481 e. The predicted octanol–water partition coefficient (Wildman–Crippen LogP) is -0.637. The summed E-state index contributed by atoms with van der Waals surface area (Å²) >= 11 is 0. The first-order chi connectivity index (χ1) is 7.58. The summed E-state index contributed by atoms with van der Waals surface area (Å²) in [6.07, 6.45) is 1.33. The Hall–Kier alpha value is -2.12. The van der Waals surface area contributed by atoms with Crippen LogP contribution in [0.15, 0.2) is 6.33 Å². The highest BCUT2D eigenvalue weighted by molar-refractivity contribution is 5.89. The van der Waals surface area contributed by atoms with Crippen molar-refractivity contribution >= 4 is 17.9 Å².